The van der Waals surface area contributed by atoms with Crippen molar-refractivity contribution in [3.8, 4) is 11.1 Å². The van der Waals surface area contributed by atoms with Crippen molar-refractivity contribution in [2.45, 2.75) is 13.8 Å². The number of halogens is 1. The Morgan fingerprint density at radius 2 is 1.91 bits per heavy atom. The average molecular weight is 301 g/mol. The van der Waals surface area contributed by atoms with Crippen molar-refractivity contribution in [3.05, 3.63) is 58.9 Å². The lowest BCUT2D eigenvalue weighted by Crippen LogP contribution is -2.23. The van der Waals surface area contributed by atoms with E-state index in [1.807, 2.05) is 0 Å². The summed E-state index contributed by atoms with van der Waals surface area (Å²) in [5, 5.41) is 11.5. The standard InChI is InChI=1S/C17H16FNO3/c1-3-19-16(20)14-7-4-11(9-15(14)18)13-6-5-12(17(21)22)8-10(13)2/h4-9H,3H2,1-2H3,(H,19,20)(H,21,22). The Morgan fingerprint density at radius 3 is 2.45 bits per heavy atom. The number of carboxylic acids is 1. The fourth-order valence-corrected chi connectivity index (χ4v) is 2.24. The first kappa shape index (κ1) is 15.7. The van der Waals surface area contributed by atoms with E-state index in [1.165, 1.54) is 24.3 Å². The summed E-state index contributed by atoms with van der Waals surface area (Å²) in [6, 6.07) is 9.01. The maximum absolute atomic E-state index is 14.1. The number of hydrogen-bond acceptors (Lipinski definition) is 2. The molecular formula is C17H16FNO3. The molecule has 4 nitrogen and oxygen atoms in total. The molecule has 0 aliphatic heterocycles. The van der Waals surface area contributed by atoms with Gasteiger partial charge < -0.3 is 10.4 Å². The molecule has 0 heterocycles. The Hall–Kier alpha value is -2.69. The number of aryl methyl sites for hydroxylation is 1. The Kier molecular flexibility index (Phi) is 4.56. The van der Waals surface area contributed by atoms with Crippen molar-refractivity contribution in [1.29, 1.82) is 0 Å². The minimum Gasteiger partial charge on any atom is -0.478 e. The molecule has 0 spiro atoms. The maximum Gasteiger partial charge on any atom is 0.335 e. The molecular weight excluding hydrogens is 285 g/mol. The van der Waals surface area contributed by atoms with E-state index in [9.17, 15) is 14.0 Å². The van der Waals surface area contributed by atoms with E-state index in [4.69, 9.17) is 5.11 Å². The van der Waals surface area contributed by atoms with Crippen LogP contribution in [0.1, 0.15) is 33.2 Å². The van der Waals surface area contributed by atoms with Crippen LogP contribution in [0, 0.1) is 12.7 Å². The molecule has 0 aliphatic rings. The second kappa shape index (κ2) is 6.39. The zero-order valence-corrected chi connectivity index (χ0v) is 12.3. The number of rotatable bonds is 4. The van der Waals surface area contributed by atoms with E-state index in [0.717, 1.165) is 11.1 Å². The van der Waals surface area contributed by atoms with Crippen LogP contribution in [0.4, 0.5) is 4.39 Å². The highest BCUT2D eigenvalue weighted by Gasteiger charge is 2.13. The quantitative estimate of drug-likeness (QED) is 0.911. The molecule has 0 atom stereocenters. The van der Waals surface area contributed by atoms with E-state index in [1.54, 1.807) is 26.0 Å². The Bertz CT molecular complexity index is 741. The van der Waals surface area contributed by atoms with Gasteiger partial charge in [-0.3, -0.25) is 4.79 Å². The lowest BCUT2D eigenvalue weighted by Gasteiger charge is -2.09. The predicted molar refractivity (Wildman–Crippen MR) is 81.5 cm³/mol. The molecule has 2 N–H and O–H groups in total. The van der Waals surface area contributed by atoms with Crippen molar-refractivity contribution >= 4 is 11.9 Å². The third-order valence-electron chi connectivity index (χ3n) is 3.34. The lowest BCUT2D eigenvalue weighted by molar-refractivity contribution is 0.0696. The molecule has 0 aliphatic carbocycles. The van der Waals surface area contributed by atoms with Gasteiger partial charge in [-0.2, -0.15) is 0 Å². The number of carboxylic acid groups (broad SMARTS) is 1. The molecule has 0 unspecified atom stereocenters. The summed E-state index contributed by atoms with van der Waals surface area (Å²) in [5.74, 6) is -2.07. The van der Waals surface area contributed by atoms with Gasteiger partial charge in [0.15, 0.2) is 0 Å². The molecule has 2 aromatic carbocycles. The molecule has 0 saturated heterocycles. The minimum atomic E-state index is -1.01. The highest BCUT2D eigenvalue weighted by Crippen LogP contribution is 2.26. The first-order valence-electron chi connectivity index (χ1n) is 6.86. The molecule has 0 aromatic heterocycles. The van der Waals surface area contributed by atoms with Gasteiger partial charge in [0.1, 0.15) is 5.82 Å². The first-order valence-corrected chi connectivity index (χ1v) is 6.86. The highest BCUT2D eigenvalue weighted by molar-refractivity contribution is 5.95. The van der Waals surface area contributed by atoms with Crippen LogP contribution in [0.2, 0.25) is 0 Å². The van der Waals surface area contributed by atoms with Gasteiger partial charge in [-0.05, 0) is 54.8 Å². The second-order valence-corrected chi connectivity index (χ2v) is 4.89. The molecule has 0 saturated carbocycles. The molecule has 114 valence electrons. The summed E-state index contributed by atoms with van der Waals surface area (Å²) in [7, 11) is 0. The van der Waals surface area contributed by atoms with Crippen LogP contribution in [0.25, 0.3) is 11.1 Å². The number of aromatic carboxylic acids is 1. The number of carbonyl (C=O) groups excluding carboxylic acids is 1. The smallest absolute Gasteiger partial charge is 0.335 e. The minimum absolute atomic E-state index is 0.00888. The number of amides is 1. The van der Waals surface area contributed by atoms with E-state index in [0.29, 0.717) is 12.1 Å². The topological polar surface area (TPSA) is 66.4 Å². The van der Waals surface area contributed by atoms with Gasteiger partial charge in [0.2, 0.25) is 0 Å². The van der Waals surface area contributed by atoms with Gasteiger partial charge in [0.25, 0.3) is 5.91 Å². The molecule has 0 fully saturated rings. The molecule has 22 heavy (non-hydrogen) atoms. The van der Waals surface area contributed by atoms with Crippen LogP contribution < -0.4 is 5.32 Å². The van der Waals surface area contributed by atoms with Crippen LogP contribution in [0.15, 0.2) is 36.4 Å². The summed E-state index contributed by atoms with van der Waals surface area (Å²) in [5.41, 5.74) is 2.22. The number of carbonyl (C=O) groups is 2. The summed E-state index contributed by atoms with van der Waals surface area (Å²) < 4.78 is 14.1. The van der Waals surface area contributed by atoms with Gasteiger partial charge in [-0.15, -0.1) is 0 Å². The van der Waals surface area contributed by atoms with Crippen molar-refractivity contribution in [2.24, 2.45) is 0 Å². The molecule has 0 bridgehead atoms. The van der Waals surface area contributed by atoms with Crippen molar-refractivity contribution in [2.75, 3.05) is 6.54 Å². The van der Waals surface area contributed by atoms with E-state index in [-0.39, 0.29) is 11.1 Å². The number of hydrogen-bond donors (Lipinski definition) is 2. The predicted octanol–water partition coefficient (Wildman–Crippen LogP) is 3.25. The normalized spacial score (nSPS) is 10.3. The van der Waals surface area contributed by atoms with Gasteiger partial charge in [0, 0.05) is 6.54 Å². The number of nitrogens with one attached hydrogen (secondary N) is 1. The molecule has 2 aromatic rings. The van der Waals surface area contributed by atoms with Gasteiger partial charge in [-0.25, -0.2) is 9.18 Å². The fourth-order valence-electron chi connectivity index (χ4n) is 2.24. The van der Waals surface area contributed by atoms with E-state index >= 15 is 0 Å². The largest absolute Gasteiger partial charge is 0.478 e. The van der Waals surface area contributed by atoms with Crippen LogP contribution in [-0.2, 0) is 0 Å². The van der Waals surface area contributed by atoms with E-state index < -0.39 is 17.7 Å². The molecule has 5 heteroatoms. The van der Waals surface area contributed by atoms with Gasteiger partial charge in [-0.1, -0.05) is 12.1 Å². The SMILES string of the molecule is CCNC(=O)c1ccc(-c2ccc(C(=O)O)cc2C)cc1F. The Balaban J connectivity index is 2.40. The Morgan fingerprint density at radius 1 is 1.18 bits per heavy atom. The maximum atomic E-state index is 14.1. The van der Waals surface area contributed by atoms with Crippen LogP contribution >= 0.6 is 0 Å². The van der Waals surface area contributed by atoms with Crippen LogP contribution in [-0.4, -0.2) is 23.5 Å². The second-order valence-electron chi connectivity index (χ2n) is 4.89. The monoisotopic (exact) mass is 301 g/mol. The first-order chi connectivity index (χ1) is 10.4. The third kappa shape index (κ3) is 3.14. The lowest BCUT2D eigenvalue weighted by atomic mass is 9.97. The highest BCUT2D eigenvalue weighted by atomic mass is 19.1. The van der Waals surface area contributed by atoms with Gasteiger partial charge in [0.05, 0.1) is 11.1 Å². The van der Waals surface area contributed by atoms with Crippen LogP contribution in [0.3, 0.4) is 0 Å². The average Bonchev–Trinajstić information content (AvgIpc) is 2.47. The third-order valence-corrected chi connectivity index (χ3v) is 3.34. The summed E-state index contributed by atoms with van der Waals surface area (Å²) in [4.78, 5) is 22.6. The molecule has 0 radical (unpaired) electrons. The Labute approximate surface area is 127 Å². The van der Waals surface area contributed by atoms with E-state index in [2.05, 4.69) is 5.32 Å². The fraction of sp³-hybridized carbons (Fsp3) is 0.176. The van der Waals surface area contributed by atoms with Crippen molar-refractivity contribution < 1.29 is 19.1 Å². The zero-order chi connectivity index (χ0) is 16.3. The summed E-state index contributed by atoms with van der Waals surface area (Å²) in [6.45, 7) is 3.95. The number of benzene rings is 2. The van der Waals surface area contributed by atoms with Gasteiger partial charge >= 0.3 is 5.97 Å². The van der Waals surface area contributed by atoms with Crippen molar-refractivity contribution in [3.63, 3.8) is 0 Å². The molecule has 1 amide bonds. The van der Waals surface area contributed by atoms with Crippen LogP contribution in [0.5, 0.6) is 0 Å². The summed E-state index contributed by atoms with van der Waals surface area (Å²) >= 11 is 0. The summed E-state index contributed by atoms with van der Waals surface area (Å²) in [6.07, 6.45) is 0. The van der Waals surface area contributed by atoms with Crippen molar-refractivity contribution in [1.82, 2.24) is 5.32 Å². The molecule has 2 rings (SSSR count). The zero-order valence-electron chi connectivity index (χ0n) is 12.3.